The molecule has 3 rings (SSSR count). The molecule has 1 aromatic heterocycles. The van der Waals surface area contributed by atoms with Crippen LogP contribution in [0.25, 0.3) is 10.9 Å². The van der Waals surface area contributed by atoms with E-state index in [-0.39, 0.29) is 41.7 Å². The third-order valence-electron chi connectivity index (χ3n) is 10.1. The van der Waals surface area contributed by atoms with Gasteiger partial charge in [-0.1, -0.05) is 76.8 Å². The molecule has 2 N–H and O–H groups in total. The van der Waals surface area contributed by atoms with Crippen molar-refractivity contribution in [1.82, 2.24) is 4.98 Å². The highest BCUT2D eigenvalue weighted by molar-refractivity contribution is 8.14. The lowest BCUT2D eigenvalue weighted by Crippen LogP contribution is -2.35. The molecular weight excluding hydrogens is 753 g/mol. The van der Waals surface area contributed by atoms with Crippen molar-refractivity contribution in [2.45, 2.75) is 109 Å². The van der Waals surface area contributed by atoms with E-state index in [0.717, 1.165) is 80.6 Å². The van der Waals surface area contributed by atoms with E-state index in [1.54, 1.807) is 7.05 Å². The second-order valence-electron chi connectivity index (χ2n) is 14.0. The predicted octanol–water partition coefficient (Wildman–Crippen LogP) is 8.10. The number of aryl methyl sites for hydroxylation is 1. The number of pyridine rings is 1. The number of carbonyl (C=O) groups is 2. The van der Waals surface area contributed by atoms with Gasteiger partial charge in [0.05, 0.1) is 36.3 Å². The van der Waals surface area contributed by atoms with Crippen LogP contribution >= 0.6 is 11.8 Å². The van der Waals surface area contributed by atoms with E-state index < -0.39 is 33.7 Å². The summed E-state index contributed by atoms with van der Waals surface area (Å²) < 4.78 is 44.3. The second kappa shape index (κ2) is 23.1. The lowest BCUT2D eigenvalue weighted by molar-refractivity contribution is -0.151. The number of benzene rings is 2. The molecule has 0 saturated heterocycles. The third kappa shape index (κ3) is 13.5. The molecule has 2 aromatic carbocycles. The zero-order valence-corrected chi connectivity index (χ0v) is 35.3. The number of aromatic nitrogens is 1. The molecule has 0 bridgehead atoms. The van der Waals surface area contributed by atoms with Gasteiger partial charge in [-0.15, -0.1) is 0 Å². The summed E-state index contributed by atoms with van der Waals surface area (Å²) in [6.45, 7) is 11.9. The van der Waals surface area contributed by atoms with Crippen LogP contribution < -0.4 is 10.5 Å². The third-order valence-corrected chi connectivity index (χ3v) is 12.3. The number of nitrogens with zero attached hydrogens (tertiary/aromatic N) is 3. The lowest BCUT2D eigenvalue weighted by Gasteiger charge is -2.21. The molecule has 0 radical (unpaired) electrons. The number of unbranched alkanes of at least 4 members (excludes halogenated alkanes) is 2. The Morgan fingerprint density at radius 1 is 0.964 bits per heavy atom. The van der Waals surface area contributed by atoms with Gasteiger partial charge in [-0.05, 0) is 87.3 Å². The standard InChI is InChI=1S/C42H58N4O8S2/c1-7-12-16-29(8-2)27-53-38(47)25-37(56(50,51)52)42(49)54-28-30(9-3)17-13-14-18-31-19-15-20-33(23-31)55-41(44-6)39-35(26-43)34-22-21-32(46(10-4)11-5)24-36(34)45-40(39)48/h15,19-24,29-30,37H,7-14,16-18,25,27-28H2,1-6H3,(H,45,48)(H,50,51,52). The lowest BCUT2D eigenvalue weighted by atomic mass is 9.98. The highest BCUT2D eigenvalue weighted by atomic mass is 32.2. The van der Waals surface area contributed by atoms with Crippen molar-refractivity contribution in [1.29, 1.82) is 5.26 Å². The zero-order valence-electron chi connectivity index (χ0n) is 33.6. The summed E-state index contributed by atoms with van der Waals surface area (Å²) in [5.74, 6) is -1.93. The number of carbonyl (C=O) groups excluding carboxylic acids is 2. The number of hydrogen-bond acceptors (Lipinski definition) is 11. The van der Waals surface area contributed by atoms with Crippen LogP contribution in [0.3, 0.4) is 0 Å². The molecule has 0 aliphatic heterocycles. The number of aromatic amines is 1. The number of esters is 2. The number of fused-ring (bicyclic) bond motifs is 1. The van der Waals surface area contributed by atoms with Gasteiger partial charge < -0.3 is 19.4 Å². The molecule has 12 nitrogen and oxygen atoms in total. The Bertz CT molecular complexity index is 2000. The number of anilines is 1. The Morgan fingerprint density at radius 2 is 1.64 bits per heavy atom. The minimum Gasteiger partial charge on any atom is -0.465 e. The number of aliphatic imine (C=N–C) groups is 1. The summed E-state index contributed by atoms with van der Waals surface area (Å²) in [7, 11) is -3.28. The summed E-state index contributed by atoms with van der Waals surface area (Å²) >= 11 is 1.33. The van der Waals surface area contributed by atoms with Gasteiger partial charge in [-0.2, -0.15) is 13.7 Å². The number of hydrogen-bond donors (Lipinski definition) is 2. The van der Waals surface area contributed by atoms with E-state index in [2.05, 4.69) is 41.7 Å². The highest BCUT2D eigenvalue weighted by Crippen LogP contribution is 2.29. The van der Waals surface area contributed by atoms with Crippen molar-refractivity contribution in [2.24, 2.45) is 16.8 Å². The fourth-order valence-corrected chi connectivity index (χ4v) is 8.19. The summed E-state index contributed by atoms with van der Waals surface area (Å²) in [6.07, 6.45) is 6.68. The van der Waals surface area contributed by atoms with Crippen molar-refractivity contribution in [3.8, 4) is 6.07 Å². The fourth-order valence-electron chi connectivity index (χ4n) is 6.57. The molecule has 14 heteroatoms. The van der Waals surface area contributed by atoms with Gasteiger partial charge in [0, 0.05) is 36.1 Å². The average Bonchev–Trinajstić information content (AvgIpc) is 3.18. The summed E-state index contributed by atoms with van der Waals surface area (Å²) in [5, 5.41) is 9.26. The van der Waals surface area contributed by atoms with Crippen molar-refractivity contribution in [2.75, 3.05) is 38.3 Å². The maximum Gasteiger partial charge on any atom is 0.327 e. The van der Waals surface area contributed by atoms with Crippen LogP contribution in [-0.4, -0.2) is 73.5 Å². The molecule has 0 aliphatic carbocycles. The van der Waals surface area contributed by atoms with Crippen LogP contribution in [-0.2, 0) is 35.6 Å². The number of thioether (sulfide) groups is 1. The molecule has 3 unspecified atom stereocenters. The number of nitrogens with one attached hydrogen (secondary N) is 1. The average molecular weight is 811 g/mol. The highest BCUT2D eigenvalue weighted by Gasteiger charge is 2.36. The van der Waals surface area contributed by atoms with E-state index in [1.807, 2.05) is 56.3 Å². The van der Waals surface area contributed by atoms with Crippen LogP contribution in [0.2, 0.25) is 0 Å². The Hall–Kier alpha value is -4.19. The minimum absolute atomic E-state index is 0.0355. The summed E-state index contributed by atoms with van der Waals surface area (Å²) in [5.41, 5.74) is 2.80. The van der Waals surface area contributed by atoms with Crippen LogP contribution in [0, 0.1) is 23.2 Å². The first-order valence-corrected chi connectivity index (χ1v) is 22.0. The Balaban J connectivity index is 1.58. The van der Waals surface area contributed by atoms with E-state index in [0.29, 0.717) is 22.4 Å². The van der Waals surface area contributed by atoms with Crippen LogP contribution in [0.15, 0.2) is 57.1 Å². The number of ether oxygens (including phenoxy) is 2. The Labute approximate surface area is 336 Å². The molecule has 0 saturated carbocycles. The number of rotatable bonds is 23. The first-order chi connectivity index (χ1) is 26.8. The molecule has 1 heterocycles. The van der Waals surface area contributed by atoms with E-state index in [4.69, 9.17) is 9.47 Å². The SMILES string of the molecule is CCCCC(CC)COC(=O)CC(C(=O)OCC(CC)CCCCc1cccc(SC(=NC)c2c(C#N)c3ccc(N(CC)CC)cc3[nH]c2=O)c1)S(=O)(=O)O. The molecule has 0 aliphatic rings. The Kier molecular flexibility index (Phi) is 19.1. The largest absolute Gasteiger partial charge is 0.465 e. The van der Waals surface area contributed by atoms with Crippen molar-refractivity contribution < 1.29 is 32.0 Å². The predicted molar refractivity (Wildman–Crippen MR) is 224 cm³/mol. The molecule has 3 aromatic rings. The van der Waals surface area contributed by atoms with Crippen LogP contribution in [0.4, 0.5) is 5.69 Å². The molecule has 306 valence electrons. The smallest absolute Gasteiger partial charge is 0.327 e. The normalized spacial score (nSPS) is 13.5. The number of H-pyrrole nitrogens is 1. The Morgan fingerprint density at radius 3 is 2.25 bits per heavy atom. The summed E-state index contributed by atoms with van der Waals surface area (Å²) in [6, 6.07) is 15.9. The van der Waals surface area contributed by atoms with Crippen LogP contribution in [0.5, 0.6) is 0 Å². The van der Waals surface area contributed by atoms with Gasteiger partial charge in [-0.25, -0.2) is 0 Å². The molecule has 0 spiro atoms. The first kappa shape index (κ1) is 46.2. The minimum atomic E-state index is -4.89. The second-order valence-corrected chi connectivity index (χ2v) is 16.6. The first-order valence-electron chi connectivity index (χ1n) is 19.7. The van der Waals surface area contributed by atoms with E-state index in [9.17, 15) is 32.6 Å². The molecule has 0 fully saturated rings. The topological polar surface area (TPSA) is 179 Å². The fraction of sp³-hybridized carbons (Fsp3) is 0.548. The van der Waals surface area contributed by atoms with Gasteiger partial charge in [0.25, 0.3) is 15.7 Å². The van der Waals surface area contributed by atoms with Crippen molar-refractivity contribution in [3.05, 3.63) is 69.5 Å². The van der Waals surface area contributed by atoms with Crippen LogP contribution in [0.1, 0.15) is 109 Å². The van der Waals surface area contributed by atoms with E-state index in [1.165, 1.54) is 11.8 Å². The molecular formula is C42H58N4O8S2. The maximum atomic E-state index is 13.4. The van der Waals surface area contributed by atoms with Crippen molar-refractivity contribution in [3.63, 3.8) is 0 Å². The van der Waals surface area contributed by atoms with Gasteiger partial charge in [0.2, 0.25) is 0 Å². The molecule has 0 amide bonds. The van der Waals surface area contributed by atoms with Gasteiger partial charge in [0.15, 0.2) is 5.25 Å². The van der Waals surface area contributed by atoms with E-state index >= 15 is 0 Å². The number of nitriles is 1. The van der Waals surface area contributed by atoms with Gasteiger partial charge >= 0.3 is 11.9 Å². The quantitative estimate of drug-likeness (QED) is 0.0236. The van der Waals surface area contributed by atoms with Gasteiger partial charge in [-0.3, -0.25) is 23.9 Å². The molecule has 56 heavy (non-hydrogen) atoms. The molecule has 3 atom stereocenters. The summed E-state index contributed by atoms with van der Waals surface area (Å²) in [4.78, 5) is 49.1. The van der Waals surface area contributed by atoms with Crippen molar-refractivity contribution >= 4 is 55.5 Å². The zero-order chi connectivity index (χ0) is 41.3. The van der Waals surface area contributed by atoms with Gasteiger partial charge in [0.1, 0.15) is 11.1 Å². The maximum absolute atomic E-state index is 13.4. The monoisotopic (exact) mass is 810 g/mol.